The quantitative estimate of drug-likeness (QED) is 0.610. The monoisotopic (exact) mass is 190 g/mol. The minimum Gasteiger partial charge on any atom is -0.493 e. The minimum atomic E-state index is 0.341. The number of fused-ring (bicyclic) bond motifs is 1. The molecule has 1 heteroatoms. The van der Waals surface area contributed by atoms with Crippen molar-refractivity contribution in [2.24, 2.45) is 11.3 Å². The van der Waals surface area contributed by atoms with Crippen molar-refractivity contribution >= 4 is 0 Å². The Morgan fingerprint density at radius 3 is 2.64 bits per heavy atom. The average Bonchev–Trinajstić information content (AvgIpc) is 2.16. The average molecular weight is 190 g/mol. The highest BCUT2D eigenvalue weighted by molar-refractivity contribution is 5.35. The number of rotatable bonds is 0. The maximum absolute atomic E-state index is 5.76. The van der Waals surface area contributed by atoms with Gasteiger partial charge in [0.05, 0.1) is 6.61 Å². The van der Waals surface area contributed by atoms with Crippen LogP contribution >= 0.6 is 0 Å². The Morgan fingerprint density at radius 1 is 1.21 bits per heavy atom. The number of para-hydroxylation sites is 1. The second-order valence-corrected chi connectivity index (χ2v) is 5.19. The maximum atomic E-state index is 5.76. The van der Waals surface area contributed by atoms with Crippen LogP contribution in [0, 0.1) is 11.3 Å². The van der Waals surface area contributed by atoms with Gasteiger partial charge in [0.1, 0.15) is 5.75 Å². The lowest BCUT2D eigenvalue weighted by atomic mass is 9.77. The van der Waals surface area contributed by atoms with E-state index < -0.39 is 0 Å². The van der Waals surface area contributed by atoms with E-state index in [1.165, 1.54) is 5.56 Å². The van der Waals surface area contributed by atoms with Gasteiger partial charge in [-0.3, -0.25) is 0 Å². The van der Waals surface area contributed by atoms with Gasteiger partial charge in [0, 0.05) is 5.92 Å². The number of ether oxygens (including phenoxy) is 1. The Bertz CT molecular complexity index is 322. The zero-order valence-corrected chi connectivity index (χ0v) is 9.21. The van der Waals surface area contributed by atoms with E-state index in [2.05, 4.69) is 39.0 Å². The molecule has 0 unspecified atom stereocenters. The number of hydrogen-bond acceptors (Lipinski definition) is 1. The van der Waals surface area contributed by atoms with Crippen molar-refractivity contribution in [2.75, 3.05) is 6.61 Å². The van der Waals surface area contributed by atoms with Gasteiger partial charge in [0.2, 0.25) is 0 Å². The molecule has 1 atom stereocenters. The Hall–Kier alpha value is -0.980. The van der Waals surface area contributed by atoms with Crippen LogP contribution < -0.4 is 4.74 Å². The molecule has 0 saturated heterocycles. The first-order chi connectivity index (χ1) is 6.57. The second-order valence-electron chi connectivity index (χ2n) is 5.19. The fourth-order valence-electron chi connectivity index (χ4n) is 1.88. The molecule has 14 heavy (non-hydrogen) atoms. The molecule has 0 bridgehead atoms. The van der Waals surface area contributed by atoms with Crippen LogP contribution in [0.15, 0.2) is 24.3 Å². The fraction of sp³-hybridized carbons (Fsp3) is 0.538. The summed E-state index contributed by atoms with van der Waals surface area (Å²) in [7, 11) is 0. The summed E-state index contributed by atoms with van der Waals surface area (Å²) in [5, 5.41) is 0. The summed E-state index contributed by atoms with van der Waals surface area (Å²) in [5.74, 6) is 1.71. The van der Waals surface area contributed by atoms with Gasteiger partial charge in [0.15, 0.2) is 0 Å². The molecule has 0 spiro atoms. The van der Waals surface area contributed by atoms with Gasteiger partial charge < -0.3 is 4.74 Å². The van der Waals surface area contributed by atoms with Gasteiger partial charge in [-0.2, -0.15) is 0 Å². The Kier molecular flexibility index (Phi) is 2.26. The molecule has 1 aliphatic heterocycles. The molecule has 76 valence electrons. The van der Waals surface area contributed by atoms with Gasteiger partial charge in [-0.15, -0.1) is 0 Å². The standard InChI is InChI=1S/C13H18O/c1-13(2,3)11-8-10-6-4-5-7-12(10)14-9-11/h4-7,11H,8-9H2,1-3H3/t11-/m0/s1. The van der Waals surface area contributed by atoms with E-state index in [0.29, 0.717) is 11.3 Å². The highest BCUT2D eigenvalue weighted by Gasteiger charge is 2.29. The summed E-state index contributed by atoms with van der Waals surface area (Å²) in [6, 6.07) is 8.37. The van der Waals surface area contributed by atoms with Crippen molar-refractivity contribution in [3.63, 3.8) is 0 Å². The zero-order chi connectivity index (χ0) is 10.2. The molecule has 0 saturated carbocycles. The zero-order valence-electron chi connectivity index (χ0n) is 9.21. The van der Waals surface area contributed by atoms with Crippen molar-refractivity contribution in [1.29, 1.82) is 0 Å². The molecule has 0 amide bonds. The predicted octanol–water partition coefficient (Wildman–Crippen LogP) is 3.28. The van der Waals surface area contributed by atoms with E-state index in [-0.39, 0.29) is 0 Å². The van der Waals surface area contributed by atoms with Crippen molar-refractivity contribution < 1.29 is 4.74 Å². The summed E-state index contributed by atoms with van der Waals surface area (Å²) in [6.45, 7) is 7.72. The van der Waals surface area contributed by atoms with Crippen LogP contribution in [0.5, 0.6) is 5.75 Å². The highest BCUT2D eigenvalue weighted by atomic mass is 16.5. The maximum Gasteiger partial charge on any atom is 0.122 e. The summed E-state index contributed by atoms with van der Waals surface area (Å²) in [5.41, 5.74) is 1.70. The van der Waals surface area contributed by atoms with E-state index in [1.54, 1.807) is 0 Å². The summed E-state index contributed by atoms with van der Waals surface area (Å²) in [4.78, 5) is 0. The molecular weight excluding hydrogens is 172 g/mol. The van der Waals surface area contributed by atoms with Gasteiger partial charge in [-0.25, -0.2) is 0 Å². The molecule has 0 aliphatic carbocycles. The van der Waals surface area contributed by atoms with Crippen molar-refractivity contribution in [2.45, 2.75) is 27.2 Å². The summed E-state index contributed by atoms with van der Waals surface area (Å²) < 4.78 is 5.76. The molecule has 1 nitrogen and oxygen atoms in total. The van der Waals surface area contributed by atoms with E-state index >= 15 is 0 Å². The van der Waals surface area contributed by atoms with Crippen LogP contribution in [-0.4, -0.2) is 6.61 Å². The second kappa shape index (κ2) is 3.30. The predicted molar refractivity (Wildman–Crippen MR) is 58.6 cm³/mol. The Balaban J connectivity index is 2.22. The lowest BCUT2D eigenvalue weighted by Crippen LogP contribution is -2.31. The number of benzene rings is 1. The molecule has 0 aromatic heterocycles. The van der Waals surface area contributed by atoms with Crippen LogP contribution in [0.3, 0.4) is 0 Å². The van der Waals surface area contributed by atoms with E-state index in [4.69, 9.17) is 4.74 Å². The third-order valence-corrected chi connectivity index (χ3v) is 3.10. The molecule has 1 heterocycles. The van der Waals surface area contributed by atoms with Crippen LogP contribution in [0.2, 0.25) is 0 Å². The van der Waals surface area contributed by atoms with Crippen LogP contribution in [-0.2, 0) is 6.42 Å². The first kappa shape index (κ1) is 9.57. The molecule has 1 aliphatic rings. The van der Waals surface area contributed by atoms with Crippen molar-refractivity contribution in [3.8, 4) is 5.75 Å². The lowest BCUT2D eigenvalue weighted by molar-refractivity contribution is 0.127. The molecular formula is C13H18O. The third kappa shape index (κ3) is 1.77. The first-order valence-corrected chi connectivity index (χ1v) is 5.28. The minimum absolute atomic E-state index is 0.341. The van der Waals surface area contributed by atoms with E-state index in [9.17, 15) is 0 Å². The highest BCUT2D eigenvalue weighted by Crippen LogP contribution is 2.35. The topological polar surface area (TPSA) is 9.23 Å². The summed E-state index contributed by atoms with van der Waals surface area (Å²) in [6.07, 6.45) is 1.15. The van der Waals surface area contributed by atoms with Gasteiger partial charge in [-0.05, 0) is 23.5 Å². The molecule has 0 N–H and O–H groups in total. The number of hydrogen-bond donors (Lipinski definition) is 0. The Morgan fingerprint density at radius 2 is 1.93 bits per heavy atom. The Labute approximate surface area is 86.1 Å². The van der Waals surface area contributed by atoms with Crippen molar-refractivity contribution in [1.82, 2.24) is 0 Å². The van der Waals surface area contributed by atoms with E-state index in [0.717, 1.165) is 18.8 Å². The fourth-order valence-corrected chi connectivity index (χ4v) is 1.88. The van der Waals surface area contributed by atoms with Crippen molar-refractivity contribution in [3.05, 3.63) is 29.8 Å². The van der Waals surface area contributed by atoms with Crippen LogP contribution in [0.1, 0.15) is 26.3 Å². The van der Waals surface area contributed by atoms with Gasteiger partial charge >= 0.3 is 0 Å². The first-order valence-electron chi connectivity index (χ1n) is 5.28. The normalized spacial score (nSPS) is 21.2. The van der Waals surface area contributed by atoms with Gasteiger partial charge in [-0.1, -0.05) is 39.0 Å². The van der Waals surface area contributed by atoms with E-state index in [1.807, 2.05) is 6.07 Å². The smallest absolute Gasteiger partial charge is 0.122 e. The van der Waals surface area contributed by atoms with Crippen LogP contribution in [0.4, 0.5) is 0 Å². The lowest BCUT2D eigenvalue weighted by Gasteiger charge is -2.34. The van der Waals surface area contributed by atoms with Crippen LogP contribution in [0.25, 0.3) is 0 Å². The molecule has 0 fully saturated rings. The molecule has 1 aromatic rings. The molecule has 2 rings (SSSR count). The molecule has 1 aromatic carbocycles. The third-order valence-electron chi connectivity index (χ3n) is 3.10. The largest absolute Gasteiger partial charge is 0.493 e. The SMILES string of the molecule is CC(C)(C)[C@@H]1COc2ccccc2C1. The van der Waals surface area contributed by atoms with Gasteiger partial charge in [0.25, 0.3) is 0 Å². The molecule has 0 radical (unpaired) electrons. The summed E-state index contributed by atoms with van der Waals surface area (Å²) >= 11 is 0.